The molecule has 4 aromatic carbocycles. The zero-order valence-corrected chi connectivity index (χ0v) is 18.1. The average Bonchev–Trinajstić information content (AvgIpc) is 3.23. The van der Waals surface area contributed by atoms with Crippen LogP contribution in [0.2, 0.25) is 0 Å². The third-order valence-corrected chi connectivity index (χ3v) is 6.30. The Balaban J connectivity index is 1.40. The Labute approximate surface area is 191 Å². The van der Waals surface area contributed by atoms with E-state index in [2.05, 4.69) is 12.1 Å². The number of phenolic OH excluding ortho intramolecular Hbond substituents is 1. The Morgan fingerprint density at radius 2 is 1.55 bits per heavy atom. The van der Waals surface area contributed by atoms with Crippen LogP contribution < -0.4 is 14.2 Å². The third-order valence-electron chi connectivity index (χ3n) is 6.30. The summed E-state index contributed by atoms with van der Waals surface area (Å²) in [6, 6.07) is 27.0. The van der Waals surface area contributed by atoms with Gasteiger partial charge in [-0.2, -0.15) is 0 Å². The lowest BCUT2D eigenvalue weighted by molar-refractivity contribution is 0.0198. The van der Waals surface area contributed by atoms with Crippen molar-refractivity contribution in [3.8, 4) is 28.7 Å². The van der Waals surface area contributed by atoms with Gasteiger partial charge >= 0.3 is 0 Å². The van der Waals surface area contributed by atoms with Crippen LogP contribution in [-0.2, 0) is 23.6 Å². The van der Waals surface area contributed by atoms with E-state index in [4.69, 9.17) is 18.9 Å². The molecule has 2 heterocycles. The molecular formula is C28H22O5. The highest BCUT2D eigenvalue weighted by Crippen LogP contribution is 2.56. The van der Waals surface area contributed by atoms with Crippen LogP contribution >= 0.6 is 0 Å². The van der Waals surface area contributed by atoms with Gasteiger partial charge in [0.15, 0.2) is 5.60 Å². The first-order valence-electron chi connectivity index (χ1n) is 10.8. The number of benzene rings is 4. The van der Waals surface area contributed by atoms with Crippen LogP contribution in [0.3, 0.4) is 0 Å². The van der Waals surface area contributed by atoms with Gasteiger partial charge in [-0.15, -0.1) is 0 Å². The molecule has 1 atom stereocenters. The van der Waals surface area contributed by atoms with Crippen molar-refractivity contribution in [1.29, 1.82) is 0 Å². The molecule has 0 bridgehead atoms. The SMILES string of the molecule is COc1ccc(COc2ccc3c(c2)Oc2cc(O)ccc2C32OCc3ccccc32)cc1. The maximum Gasteiger partial charge on any atom is 0.151 e. The summed E-state index contributed by atoms with van der Waals surface area (Å²) >= 11 is 0. The van der Waals surface area contributed by atoms with Gasteiger partial charge in [-0.05, 0) is 53.1 Å². The minimum atomic E-state index is -0.790. The first kappa shape index (κ1) is 19.7. The summed E-state index contributed by atoms with van der Waals surface area (Å²) in [5, 5.41) is 10.1. The highest BCUT2D eigenvalue weighted by Gasteiger charge is 2.49. The van der Waals surface area contributed by atoms with Crippen molar-refractivity contribution in [1.82, 2.24) is 0 Å². The average molecular weight is 438 g/mol. The second-order valence-electron chi connectivity index (χ2n) is 8.20. The maximum atomic E-state index is 10.1. The summed E-state index contributed by atoms with van der Waals surface area (Å²) in [6.07, 6.45) is 0. The number of hydrogen-bond donors (Lipinski definition) is 1. The molecule has 2 aliphatic rings. The summed E-state index contributed by atoms with van der Waals surface area (Å²) in [7, 11) is 1.65. The van der Waals surface area contributed by atoms with E-state index >= 15 is 0 Å². The molecule has 5 nitrogen and oxygen atoms in total. The summed E-state index contributed by atoms with van der Waals surface area (Å²) in [6.45, 7) is 0.927. The molecule has 1 N–H and O–H groups in total. The van der Waals surface area contributed by atoms with Crippen molar-refractivity contribution in [2.45, 2.75) is 18.8 Å². The molecular weight excluding hydrogens is 416 g/mol. The number of phenols is 1. The first-order valence-corrected chi connectivity index (χ1v) is 10.8. The van der Waals surface area contributed by atoms with E-state index in [-0.39, 0.29) is 5.75 Å². The zero-order valence-electron chi connectivity index (χ0n) is 18.1. The van der Waals surface area contributed by atoms with Gasteiger partial charge in [0.2, 0.25) is 0 Å². The molecule has 164 valence electrons. The first-order chi connectivity index (χ1) is 16.2. The Hall–Kier alpha value is -3.96. The molecule has 0 saturated heterocycles. The normalized spacial score (nSPS) is 17.6. The number of methoxy groups -OCH3 is 1. The fourth-order valence-electron chi connectivity index (χ4n) is 4.71. The smallest absolute Gasteiger partial charge is 0.151 e. The van der Waals surface area contributed by atoms with Crippen LogP contribution in [0.4, 0.5) is 0 Å². The predicted molar refractivity (Wildman–Crippen MR) is 123 cm³/mol. The molecule has 0 aromatic heterocycles. The summed E-state index contributed by atoms with van der Waals surface area (Å²) in [5.41, 5.74) is 4.28. The minimum absolute atomic E-state index is 0.144. The third kappa shape index (κ3) is 3.12. The topological polar surface area (TPSA) is 57.2 Å². The van der Waals surface area contributed by atoms with Crippen LogP contribution in [-0.4, -0.2) is 12.2 Å². The van der Waals surface area contributed by atoms with Gasteiger partial charge in [0.05, 0.1) is 13.7 Å². The van der Waals surface area contributed by atoms with Gasteiger partial charge in [0.1, 0.15) is 35.4 Å². The van der Waals surface area contributed by atoms with Crippen molar-refractivity contribution in [2.75, 3.05) is 7.11 Å². The number of aromatic hydroxyl groups is 1. The molecule has 33 heavy (non-hydrogen) atoms. The Morgan fingerprint density at radius 1 is 0.818 bits per heavy atom. The number of fused-ring (bicyclic) bond motifs is 6. The second kappa shape index (κ2) is 7.57. The van der Waals surface area contributed by atoms with E-state index in [0.717, 1.165) is 33.6 Å². The summed E-state index contributed by atoms with van der Waals surface area (Å²) < 4.78 is 24.0. The van der Waals surface area contributed by atoms with E-state index in [1.54, 1.807) is 19.2 Å². The minimum Gasteiger partial charge on any atom is -0.508 e. The maximum absolute atomic E-state index is 10.1. The molecule has 0 amide bonds. The highest BCUT2D eigenvalue weighted by molar-refractivity contribution is 5.65. The van der Waals surface area contributed by atoms with Crippen molar-refractivity contribution in [3.05, 3.63) is 113 Å². The number of ether oxygens (including phenoxy) is 4. The van der Waals surface area contributed by atoms with Crippen molar-refractivity contribution in [3.63, 3.8) is 0 Å². The van der Waals surface area contributed by atoms with Gasteiger partial charge < -0.3 is 24.1 Å². The van der Waals surface area contributed by atoms with Gasteiger partial charge in [-0.1, -0.05) is 36.4 Å². The molecule has 0 saturated carbocycles. The van der Waals surface area contributed by atoms with E-state index in [1.807, 2.05) is 60.7 Å². The van der Waals surface area contributed by atoms with Gasteiger partial charge in [0.25, 0.3) is 0 Å². The molecule has 1 unspecified atom stereocenters. The lowest BCUT2D eigenvalue weighted by atomic mass is 9.77. The van der Waals surface area contributed by atoms with E-state index in [0.29, 0.717) is 30.5 Å². The lowest BCUT2D eigenvalue weighted by Gasteiger charge is -2.37. The molecule has 0 radical (unpaired) electrons. The molecule has 5 heteroatoms. The highest BCUT2D eigenvalue weighted by atomic mass is 16.5. The molecule has 6 rings (SSSR count). The van der Waals surface area contributed by atoms with Crippen molar-refractivity contribution in [2.24, 2.45) is 0 Å². The Kier molecular flexibility index (Phi) is 4.52. The molecule has 4 aromatic rings. The van der Waals surface area contributed by atoms with E-state index < -0.39 is 5.60 Å². The zero-order chi connectivity index (χ0) is 22.4. The molecule has 2 aliphatic heterocycles. The Bertz CT molecular complexity index is 1350. The van der Waals surface area contributed by atoms with E-state index in [1.165, 1.54) is 0 Å². The largest absolute Gasteiger partial charge is 0.508 e. The van der Waals surface area contributed by atoms with Crippen LogP contribution in [0.1, 0.15) is 27.8 Å². The molecule has 0 aliphatic carbocycles. The number of hydrogen-bond acceptors (Lipinski definition) is 5. The number of rotatable bonds is 4. The molecule has 1 spiro atoms. The van der Waals surface area contributed by atoms with Gasteiger partial charge in [0, 0.05) is 23.3 Å². The fraction of sp³-hybridized carbons (Fsp3) is 0.143. The van der Waals surface area contributed by atoms with Gasteiger partial charge in [-0.3, -0.25) is 0 Å². The van der Waals surface area contributed by atoms with Crippen molar-refractivity contribution < 1.29 is 24.1 Å². The van der Waals surface area contributed by atoms with Crippen LogP contribution in [0.15, 0.2) is 84.9 Å². The summed E-state index contributed by atoms with van der Waals surface area (Å²) in [5.74, 6) is 2.87. The predicted octanol–water partition coefficient (Wildman–Crippen LogP) is 5.91. The summed E-state index contributed by atoms with van der Waals surface area (Å²) in [4.78, 5) is 0. The Morgan fingerprint density at radius 3 is 2.36 bits per heavy atom. The fourth-order valence-corrected chi connectivity index (χ4v) is 4.71. The van der Waals surface area contributed by atoms with Gasteiger partial charge in [-0.25, -0.2) is 0 Å². The lowest BCUT2D eigenvalue weighted by Crippen LogP contribution is -2.32. The van der Waals surface area contributed by atoms with Crippen molar-refractivity contribution >= 4 is 0 Å². The standard InChI is InChI=1S/C28H22O5/c1-30-21-9-6-18(7-10-21)16-31-22-11-13-25-27(15-22)33-26-14-20(29)8-12-24(26)28(25)23-5-3-2-4-19(23)17-32-28/h2-15,29H,16-17H2,1H3. The van der Waals surface area contributed by atoms with Crippen LogP contribution in [0.5, 0.6) is 28.7 Å². The monoisotopic (exact) mass is 438 g/mol. The molecule has 0 fully saturated rings. The second-order valence-corrected chi connectivity index (χ2v) is 8.20. The van der Waals surface area contributed by atoms with Crippen LogP contribution in [0, 0.1) is 0 Å². The van der Waals surface area contributed by atoms with Crippen LogP contribution in [0.25, 0.3) is 0 Å². The quantitative estimate of drug-likeness (QED) is 0.429. The van der Waals surface area contributed by atoms with E-state index in [9.17, 15) is 5.11 Å².